The highest BCUT2D eigenvalue weighted by Gasteiger charge is 2.29. The summed E-state index contributed by atoms with van der Waals surface area (Å²) >= 11 is 0. The third-order valence-corrected chi connectivity index (χ3v) is 5.03. The van der Waals surface area contributed by atoms with Crippen LogP contribution in [0.25, 0.3) is 16.6 Å². The molecule has 0 spiro atoms. The molecule has 0 fully saturated rings. The van der Waals surface area contributed by atoms with Crippen molar-refractivity contribution in [1.82, 2.24) is 4.57 Å². The fraction of sp³-hybridized carbons (Fsp3) is 0.217. The van der Waals surface area contributed by atoms with Crippen LogP contribution in [-0.4, -0.2) is 10.1 Å². The lowest BCUT2D eigenvalue weighted by atomic mass is 9.88. The maximum Gasteiger partial charge on any atom is 0.124 e. The van der Waals surface area contributed by atoms with Gasteiger partial charge in [-0.25, -0.2) is 0 Å². The summed E-state index contributed by atoms with van der Waals surface area (Å²) in [6.07, 6.45) is 6.17. The Hall–Kier alpha value is -3.14. The van der Waals surface area contributed by atoms with E-state index in [1.54, 1.807) is 0 Å². The van der Waals surface area contributed by atoms with Crippen LogP contribution >= 0.6 is 0 Å². The van der Waals surface area contributed by atoms with Crippen LogP contribution in [-0.2, 0) is 0 Å². The molecule has 0 radical (unpaired) electrons. The van der Waals surface area contributed by atoms with Crippen LogP contribution in [0.1, 0.15) is 26.7 Å². The number of anilines is 1. The lowest BCUT2D eigenvalue weighted by Crippen LogP contribution is -2.25. The monoisotopic (exact) mass is 357 g/mol. The van der Waals surface area contributed by atoms with Gasteiger partial charge in [0.05, 0.1) is 5.52 Å². The number of aromatic nitrogens is 1. The molecule has 0 amide bonds. The maximum atomic E-state index is 11.4. The lowest BCUT2D eigenvalue weighted by Gasteiger charge is -2.26. The number of rotatable bonds is 5. The molecule has 0 saturated heterocycles. The highest BCUT2D eigenvalue weighted by atomic mass is 16.3. The van der Waals surface area contributed by atoms with E-state index in [2.05, 4.69) is 63.6 Å². The molecular formula is C23H23N3O. The predicted molar refractivity (Wildman–Crippen MR) is 112 cm³/mol. The van der Waals surface area contributed by atoms with Crippen LogP contribution in [0.15, 0.2) is 89.3 Å². The number of fused-ring (bicyclic) bond motifs is 1. The average Bonchev–Trinajstić information content (AvgIpc) is 3.06. The summed E-state index contributed by atoms with van der Waals surface area (Å²) in [7, 11) is 0. The minimum Gasteiger partial charge on any atom is -0.341 e. The number of hydrogen-bond donors (Lipinski definition) is 1. The molecule has 0 unspecified atom stereocenters. The molecule has 0 aliphatic heterocycles. The van der Waals surface area contributed by atoms with Crippen molar-refractivity contribution in [1.29, 1.82) is 0 Å². The Labute approximate surface area is 159 Å². The topological polar surface area (TPSA) is 46.4 Å². The first kappa shape index (κ1) is 17.3. The Balaban J connectivity index is 1.82. The first-order chi connectivity index (χ1) is 13.1. The van der Waals surface area contributed by atoms with Crippen molar-refractivity contribution in [3.05, 3.63) is 89.0 Å². The zero-order chi connectivity index (χ0) is 18.9. The van der Waals surface area contributed by atoms with Crippen molar-refractivity contribution in [2.24, 2.45) is 5.18 Å². The van der Waals surface area contributed by atoms with E-state index in [1.165, 1.54) is 5.39 Å². The van der Waals surface area contributed by atoms with E-state index in [0.29, 0.717) is 0 Å². The lowest BCUT2D eigenvalue weighted by molar-refractivity contribution is 0.608. The van der Waals surface area contributed by atoms with Gasteiger partial charge in [0, 0.05) is 22.3 Å². The van der Waals surface area contributed by atoms with Gasteiger partial charge in [-0.2, -0.15) is 0 Å². The van der Waals surface area contributed by atoms with E-state index >= 15 is 0 Å². The fourth-order valence-corrected chi connectivity index (χ4v) is 3.66. The Morgan fingerprint density at radius 1 is 0.963 bits per heavy atom. The quantitative estimate of drug-likeness (QED) is 0.553. The summed E-state index contributed by atoms with van der Waals surface area (Å²) in [5.74, 6) is 0.975. The highest BCUT2D eigenvalue weighted by Crippen LogP contribution is 2.34. The second-order valence-electron chi connectivity index (χ2n) is 7.35. The van der Waals surface area contributed by atoms with Crippen LogP contribution < -0.4 is 5.32 Å². The summed E-state index contributed by atoms with van der Waals surface area (Å²) in [5, 5.41) is 8.10. The van der Waals surface area contributed by atoms with Crippen LogP contribution in [0.5, 0.6) is 0 Å². The Kier molecular flexibility index (Phi) is 4.40. The van der Waals surface area contributed by atoms with Gasteiger partial charge < -0.3 is 5.32 Å². The first-order valence-electron chi connectivity index (χ1n) is 9.29. The summed E-state index contributed by atoms with van der Waals surface area (Å²) < 4.78 is 2.21. The maximum absolute atomic E-state index is 11.4. The van der Waals surface area contributed by atoms with E-state index in [9.17, 15) is 4.91 Å². The second kappa shape index (κ2) is 6.88. The van der Waals surface area contributed by atoms with Gasteiger partial charge >= 0.3 is 0 Å². The van der Waals surface area contributed by atoms with Crippen molar-refractivity contribution in [3.8, 4) is 5.69 Å². The number of allylic oxidation sites excluding steroid dienone is 2. The van der Waals surface area contributed by atoms with Gasteiger partial charge in [0.25, 0.3) is 0 Å². The Morgan fingerprint density at radius 3 is 2.44 bits per heavy atom. The highest BCUT2D eigenvalue weighted by molar-refractivity contribution is 5.87. The Morgan fingerprint density at radius 2 is 1.67 bits per heavy atom. The predicted octanol–water partition coefficient (Wildman–Crippen LogP) is 6.19. The minimum absolute atomic E-state index is 0.761. The number of nitrogens with zero attached hydrogens (tertiary/aromatic N) is 2. The molecule has 136 valence electrons. The van der Waals surface area contributed by atoms with Gasteiger partial charge in [0.1, 0.15) is 11.4 Å². The van der Waals surface area contributed by atoms with E-state index in [1.807, 2.05) is 38.1 Å². The van der Waals surface area contributed by atoms with E-state index in [0.717, 1.165) is 41.1 Å². The molecule has 27 heavy (non-hydrogen) atoms. The van der Waals surface area contributed by atoms with Crippen molar-refractivity contribution in [2.75, 3.05) is 5.32 Å². The third-order valence-electron chi connectivity index (χ3n) is 5.03. The molecule has 4 nitrogen and oxygen atoms in total. The zero-order valence-corrected chi connectivity index (χ0v) is 15.6. The van der Waals surface area contributed by atoms with Crippen LogP contribution in [0, 0.1) is 4.91 Å². The molecule has 0 bridgehead atoms. The van der Waals surface area contributed by atoms with Gasteiger partial charge in [0.2, 0.25) is 0 Å². The standard InChI is InChI=1S/C23H23N3O/c1-23(2,25-27)19-13-7-8-14-20(19)24-22-16-17-10-6-9-15-21(17)26(22)18-11-4-3-5-12-18/h3-6,9-16,24H,7-8H2,1-2H3. The molecular weight excluding hydrogens is 334 g/mol. The summed E-state index contributed by atoms with van der Waals surface area (Å²) in [6.45, 7) is 3.72. The normalized spacial score (nSPS) is 14.6. The summed E-state index contributed by atoms with van der Waals surface area (Å²) in [4.78, 5) is 11.4. The molecule has 4 rings (SSSR count). The molecule has 1 aliphatic rings. The number of hydrogen-bond acceptors (Lipinski definition) is 3. The molecule has 1 heterocycles. The van der Waals surface area contributed by atoms with E-state index in [-0.39, 0.29) is 0 Å². The molecule has 1 N–H and O–H groups in total. The van der Waals surface area contributed by atoms with Crippen LogP contribution in [0.3, 0.4) is 0 Å². The molecule has 4 heteroatoms. The van der Waals surface area contributed by atoms with Gasteiger partial charge in [0.15, 0.2) is 0 Å². The number of para-hydroxylation sites is 2. The zero-order valence-electron chi connectivity index (χ0n) is 15.6. The Bertz CT molecular complexity index is 1040. The molecule has 1 aliphatic carbocycles. The van der Waals surface area contributed by atoms with Gasteiger partial charge in [-0.15, -0.1) is 4.91 Å². The van der Waals surface area contributed by atoms with Crippen LogP contribution in [0.2, 0.25) is 0 Å². The number of nitrogens with one attached hydrogen (secondary N) is 1. The van der Waals surface area contributed by atoms with E-state index < -0.39 is 5.54 Å². The molecule has 3 aromatic rings. The van der Waals surface area contributed by atoms with Gasteiger partial charge in [-0.3, -0.25) is 4.57 Å². The van der Waals surface area contributed by atoms with Gasteiger partial charge in [-0.1, -0.05) is 53.7 Å². The van der Waals surface area contributed by atoms with Crippen LogP contribution in [0.4, 0.5) is 5.82 Å². The summed E-state index contributed by atoms with van der Waals surface area (Å²) in [5.41, 5.74) is 3.39. The smallest absolute Gasteiger partial charge is 0.124 e. The molecule has 2 aromatic carbocycles. The molecule has 0 atom stereocenters. The minimum atomic E-state index is -0.761. The van der Waals surface area contributed by atoms with Crippen molar-refractivity contribution < 1.29 is 0 Å². The summed E-state index contributed by atoms with van der Waals surface area (Å²) in [6, 6.07) is 20.8. The van der Waals surface area contributed by atoms with Gasteiger partial charge in [-0.05, 0) is 51.0 Å². The third kappa shape index (κ3) is 3.19. The van der Waals surface area contributed by atoms with Crippen molar-refractivity contribution in [2.45, 2.75) is 32.2 Å². The fourth-order valence-electron chi connectivity index (χ4n) is 3.66. The van der Waals surface area contributed by atoms with E-state index in [4.69, 9.17) is 0 Å². The molecule has 1 aromatic heterocycles. The number of benzene rings is 2. The van der Waals surface area contributed by atoms with Crippen molar-refractivity contribution in [3.63, 3.8) is 0 Å². The number of nitroso groups, excluding NO2 is 1. The average molecular weight is 357 g/mol. The SMILES string of the molecule is CC(C)(N=O)C1=CCCC=C1Nc1cc2ccccc2n1-c1ccccc1. The molecule has 0 saturated carbocycles. The second-order valence-corrected chi connectivity index (χ2v) is 7.35. The first-order valence-corrected chi connectivity index (χ1v) is 9.29. The largest absolute Gasteiger partial charge is 0.341 e. The van der Waals surface area contributed by atoms with Crippen molar-refractivity contribution >= 4 is 16.7 Å².